The number of carbonyl (C=O) groups excluding carboxylic acids is 1. The van der Waals surface area contributed by atoms with Crippen LogP contribution >= 0.6 is 11.6 Å². The minimum absolute atomic E-state index is 0.205. The molecule has 0 atom stereocenters. The third-order valence-corrected chi connectivity index (χ3v) is 6.37. The highest BCUT2D eigenvalue weighted by molar-refractivity contribution is 7.92. The van der Waals surface area contributed by atoms with Gasteiger partial charge in [0.05, 0.1) is 43.1 Å². The summed E-state index contributed by atoms with van der Waals surface area (Å²) >= 11 is 6.16. The molecule has 0 aromatic heterocycles. The maximum atomic E-state index is 12.8. The lowest BCUT2D eigenvalue weighted by Gasteiger charge is -2.33. The first-order valence-electron chi connectivity index (χ1n) is 9.22. The molecule has 2 aromatic carbocycles. The van der Waals surface area contributed by atoms with Gasteiger partial charge < -0.3 is 9.80 Å². The highest BCUT2D eigenvalue weighted by atomic mass is 35.5. The average molecular weight is 423 g/mol. The van der Waals surface area contributed by atoms with Crippen molar-refractivity contribution in [3.63, 3.8) is 0 Å². The molecule has 0 aliphatic carbocycles. The standard InChI is InChI=1S/C20H24ClN3O3S/c1-28(26,27)24(19-10-6-5-9-18(19)21)16-20(25)23-13-11-22(12-14-23)15-17-7-3-2-4-8-17/h2-10H,11-16H2,1H3/p+1. The second-order valence-electron chi connectivity index (χ2n) is 7.01. The Morgan fingerprint density at radius 3 is 2.29 bits per heavy atom. The molecule has 1 heterocycles. The van der Waals surface area contributed by atoms with E-state index in [1.807, 2.05) is 18.2 Å². The Labute approximate surface area is 171 Å². The monoisotopic (exact) mass is 422 g/mol. The molecule has 1 aliphatic rings. The molecule has 1 aliphatic heterocycles. The van der Waals surface area contributed by atoms with Crippen LogP contribution in [0.5, 0.6) is 0 Å². The zero-order chi connectivity index (χ0) is 20.1. The molecule has 2 aromatic rings. The smallest absolute Gasteiger partial charge is 0.243 e. The predicted molar refractivity (Wildman–Crippen MR) is 111 cm³/mol. The SMILES string of the molecule is CS(=O)(=O)N(CC(=O)N1CC[NH+](Cc2ccccc2)CC1)c1ccccc1Cl. The third kappa shape index (κ3) is 5.25. The summed E-state index contributed by atoms with van der Waals surface area (Å²) < 4.78 is 25.6. The third-order valence-electron chi connectivity index (χ3n) is 4.92. The van der Waals surface area contributed by atoms with Crippen LogP contribution in [0.25, 0.3) is 0 Å². The van der Waals surface area contributed by atoms with Gasteiger partial charge in [0.1, 0.15) is 13.1 Å². The average Bonchev–Trinajstić information content (AvgIpc) is 2.67. The molecule has 1 N–H and O–H groups in total. The lowest BCUT2D eigenvalue weighted by molar-refractivity contribution is -0.917. The molecule has 6 nitrogen and oxygen atoms in total. The zero-order valence-electron chi connectivity index (χ0n) is 15.8. The Kier molecular flexibility index (Phi) is 6.59. The zero-order valence-corrected chi connectivity index (χ0v) is 17.4. The molecule has 0 radical (unpaired) electrons. The van der Waals surface area contributed by atoms with Crippen molar-refractivity contribution in [1.82, 2.24) is 4.90 Å². The van der Waals surface area contributed by atoms with E-state index < -0.39 is 10.0 Å². The molecule has 1 fully saturated rings. The minimum Gasteiger partial charge on any atom is -0.330 e. The first-order chi connectivity index (χ1) is 13.3. The summed E-state index contributed by atoms with van der Waals surface area (Å²) in [6, 6.07) is 16.9. The van der Waals surface area contributed by atoms with Crippen LogP contribution in [0.2, 0.25) is 5.02 Å². The summed E-state index contributed by atoms with van der Waals surface area (Å²) in [7, 11) is -3.63. The molecule has 0 bridgehead atoms. The van der Waals surface area contributed by atoms with Gasteiger partial charge in [0.25, 0.3) is 0 Å². The normalized spacial score (nSPS) is 15.4. The van der Waals surface area contributed by atoms with Crippen molar-refractivity contribution in [2.24, 2.45) is 0 Å². The van der Waals surface area contributed by atoms with Crippen LogP contribution in [0, 0.1) is 0 Å². The van der Waals surface area contributed by atoms with Crippen molar-refractivity contribution >= 4 is 33.2 Å². The Bertz CT molecular complexity index is 913. The fraction of sp³-hybridized carbons (Fsp3) is 0.350. The van der Waals surface area contributed by atoms with Gasteiger partial charge in [-0.3, -0.25) is 9.10 Å². The number of hydrogen-bond acceptors (Lipinski definition) is 3. The van der Waals surface area contributed by atoms with Crippen molar-refractivity contribution < 1.29 is 18.1 Å². The molecule has 0 saturated carbocycles. The van der Waals surface area contributed by atoms with Crippen LogP contribution in [-0.2, 0) is 21.4 Å². The number of hydrogen-bond donors (Lipinski definition) is 1. The van der Waals surface area contributed by atoms with Gasteiger partial charge >= 0.3 is 0 Å². The first kappa shape index (κ1) is 20.6. The van der Waals surface area contributed by atoms with Crippen molar-refractivity contribution in [2.45, 2.75) is 6.54 Å². The van der Waals surface area contributed by atoms with Gasteiger partial charge in [-0.15, -0.1) is 0 Å². The van der Waals surface area contributed by atoms with Gasteiger partial charge in [0, 0.05) is 5.56 Å². The number of nitrogens with zero attached hydrogens (tertiary/aromatic N) is 2. The predicted octanol–water partition coefficient (Wildman–Crippen LogP) is 1.03. The largest absolute Gasteiger partial charge is 0.330 e. The van der Waals surface area contributed by atoms with Crippen LogP contribution in [-0.4, -0.2) is 58.2 Å². The molecule has 3 rings (SSSR count). The molecule has 150 valence electrons. The Hall–Kier alpha value is -2.09. The lowest BCUT2D eigenvalue weighted by Crippen LogP contribution is -3.13. The van der Waals surface area contributed by atoms with Gasteiger partial charge in [0.2, 0.25) is 15.9 Å². The van der Waals surface area contributed by atoms with Gasteiger partial charge in [0.15, 0.2) is 0 Å². The molecule has 1 amide bonds. The van der Waals surface area contributed by atoms with Gasteiger partial charge in [-0.2, -0.15) is 0 Å². The number of sulfonamides is 1. The highest BCUT2D eigenvalue weighted by Gasteiger charge is 2.28. The topological polar surface area (TPSA) is 62.1 Å². The number of nitrogens with one attached hydrogen (secondary N) is 1. The van der Waals surface area contributed by atoms with E-state index in [1.54, 1.807) is 29.2 Å². The highest BCUT2D eigenvalue weighted by Crippen LogP contribution is 2.27. The minimum atomic E-state index is -3.63. The van der Waals surface area contributed by atoms with E-state index in [0.717, 1.165) is 30.2 Å². The summed E-state index contributed by atoms with van der Waals surface area (Å²) in [5, 5.41) is 0.304. The number of para-hydroxylation sites is 1. The van der Waals surface area contributed by atoms with Crippen molar-refractivity contribution in [1.29, 1.82) is 0 Å². The van der Waals surface area contributed by atoms with Crippen LogP contribution in [0.15, 0.2) is 54.6 Å². The number of rotatable bonds is 6. The second-order valence-corrected chi connectivity index (χ2v) is 9.33. The number of piperazine rings is 1. The van der Waals surface area contributed by atoms with E-state index in [2.05, 4.69) is 12.1 Å². The Morgan fingerprint density at radius 2 is 1.68 bits per heavy atom. The van der Waals surface area contributed by atoms with E-state index in [4.69, 9.17) is 11.6 Å². The van der Waals surface area contributed by atoms with E-state index in [9.17, 15) is 13.2 Å². The van der Waals surface area contributed by atoms with E-state index in [-0.39, 0.29) is 12.5 Å². The summed E-state index contributed by atoms with van der Waals surface area (Å²) in [5.74, 6) is -0.205. The number of quaternary nitrogens is 1. The van der Waals surface area contributed by atoms with Crippen LogP contribution in [0.1, 0.15) is 5.56 Å². The molecule has 8 heteroatoms. The Balaban J connectivity index is 1.62. The Morgan fingerprint density at radius 1 is 1.07 bits per heavy atom. The fourth-order valence-corrected chi connectivity index (χ4v) is 4.54. The van der Waals surface area contributed by atoms with Crippen LogP contribution in [0.4, 0.5) is 5.69 Å². The first-order valence-corrected chi connectivity index (χ1v) is 11.4. The van der Waals surface area contributed by atoms with Crippen molar-refractivity contribution in [2.75, 3.05) is 43.3 Å². The van der Waals surface area contributed by atoms with E-state index in [1.165, 1.54) is 10.5 Å². The number of benzene rings is 2. The molecule has 0 spiro atoms. The quantitative estimate of drug-likeness (QED) is 0.756. The van der Waals surface area contributed by atoms with Crippen molar-refractivity contribution in [3.8, 4) is 0 Å². The number of halogens is 1. The summed E-state index contributed by atoms with van der Waals surface area (Å²) in [4.78, 5) is 15.9. The number of anilines is 1. The molecule has 28 heavy (non-hydrogen) atoms. The molecule has 0 unspecified atom stereocenters. The summed E-state index contributed by atoms with van der Waals surface area (Å²) in [6.07, 6.45) is 1.09. The van der Waals surface area contributed by atoms with Crippen molar-refractivity contribution in [3.05, 3.63) is 65.2 Å². The van der Waals surface area contributed by atoms with Gasteiger partial charge in [-0.25, -0.2) is 8.42 Å². The molecular weight excluding hydrogens is 398 g/mol. The van der Waals surface area contributed by atoms with E-state index >= 15 is 0 Å². The van der Waals surface area contributed by atoms with Crippen LogP contribution < -0.4 is 9.21 Å². The molecule has 1 saturated heterocycles. The second kappa shape index (κ2) is 8.94. The maximum absolute atomic E-state index is 12.8. The van der Waals surface area contributed by atoms with Crippen LogP contribution in [0.3, 0.4) is 0 Å². The number of amides is 1. The number of carbonyl (C=O) groups is 1. The fourth-order valence-electron chi connectivity index (χ4n) is 3.39. The van der Waals surface area contributed by atoms with Gasteiger partial charge in [-0.05, 0) is 12.1 Å². The van der Waals surface area contributed by atoms with E-state index in [0.29, 0.717) is 23.8 Å². The summed E-state index contributed by atoms with van der Waals surface area (Å²) in [6.45, 7) is 3.59. The van der Waals surface area contributed by atoms with Gasteiger partial charge in [-0.1, -0.05) is 54.1 Å². The summed E-state index contributed by atoms with van der Waals surface area (Å²) in [5.41, 5.74) is 1.60. The lowest BCUT2D eigenvalue weighted by atomic mass is 10.2. The maximum Gasteiger partial charge on any atom is 0.243 e. The molecular formula is C20H25ClN3O3S+.